The molecular weight excluding hydrogens is 450 g/mol. The second kappa shape index (κ2) is 10.8. The Balaban J connectivity index is 1.63. The largest absolute Gasteiger partial charge is 0.497 e. The van der Waals surface area contributed by atoms with E-state index in [0.29, 0.717) is 31.1 Å². The Bertz CT molecular complexity index is 1100. The van der Waals surface area contributed by atoms with Gasteiger partial charge < -0.3 is 23.8 Å². The van der Waals surface area contributed by atoms with Crippen molar-refractivity contribution in [2.75, 3.05) is 40.7 Å². The van der Waals surface area contributed by atoms with Crippen LogP contribution in [-0.4, -0.2) is 68.1 Å². The van der Waals surface area contributed by atoms with E-state index in [0.717, 1.165) is 22.6 Å². The predicted octanol–water partition coefficient (Wildman–Crippen LogP) is 3.23. The molecule has 0 fully saturated rings. The van der Waals surface area contributed by atoms with Gasteiger partial charge in [-0.25, -0.2) is 5.01 Å². The van der Waals surface area contributed by atoms with Crippen LogP contribution in [0.15, 0.2) is 47.6 Å². The molecule has 0 spiro atoms. The van der Waals surface area contributed by atoms with Crippen LogP contribution in [0.25, 0.3) is 0 Å². The average molecular weight is 482 g/mol. The van der Waals surface area contributed by atoms with Gasteiger partial charge in [-0.2, -0.15) is 5.10 Å². The Labute approximate surface area is 205 Å². The summed E-state index contributed by atoms with van der Waals surface area (Å²) in [5.41, 5.74) is 2.57. The van der Waals surface area contributed by atoms with Crippen LogP contribution in [0.4, 0.5) is 0 Å². The number of hydrazone groups is 1. The highest BCUT2D eigenvalue weighted by atomic mass is 16.7. The standard InChI is InChI=1S/C26H31N3O6/c1-17(2)26(31)28(11-12-32-3)15-25(30)29-22(19-7-10-23-24(13-19)35-16-34-23)14-21(27-29)18-5-8-20(33-4)9-6-18/h5-10,13,17,22H,11-12,14-16H2,1-4H3. The third kappa shape index (κ3) is 5.40. The first-order valence-electron chi connectivity index (χ1n) is 11.6. The molecule has 0 saturated carbocycles. The van der Waals surface area contributed by atoms with E-state index in [4.69, 9.17) is 24.0 Å². The monoisotopic (exact) mass is 481 g/mol. The van der Waals surface area contributed by atoms with Crippen LogP contribution in [0.5, 0.6) is 17.2 Å². The predicted molar refractivity (Wildman–Crippen MR) is 130 cm³/mol. The zero-order chi connectivity index (χ0) is 24.9. The van der Waals surface area contributed by atoms with Gasteiger partial charge in [-0.15, -0.1) is 0 Å². The zero-order valence-corrected chi connectivity index (χ0v) is 20.5. The fourth-order valence-electron chi connectivity index (χ4n) is 4.15. The van der Waals surface area contributed by atoms with Crippen LogP contribution >= 0.6 is 0 Å². The minimum absolute atomic E-state index is 0.0825. The number of amides is 2. The highest BCUT2D eigenvalue weighted by Crippen LogP contribution is 2.39. The summed E-state index contributed by atoms with van der Waals surface area (Å²) in [6, 6.07) is 12.9. The molecule has 2 aromatic rings. The molecule has 0 N–H and O–H groups in total. The van der Waals surface area contributed by atoms with E-state index in [9.17, 15) is 9.59 Å². The molecule has 4 rings (SSSR count). The van der Waals surface area contributed by atoms with Gasteiger partial charge in [0, 0.05) is 26.0 Å². The molecule has 2 aliphatic rings. The first-order chi connectivity index (χ1) is 16.9. The number of benzene rings is 2. The second-order valence-corrected chi connectivity index (χ2v) is 8.75. The Kier molecular flexibility index (Phi) is 7.55. The molecule has 1 atom stereocenters. The Morgan fingerprint density at radius 1 is 1.11 bits per heavy atom. The fraction of sp³-hybridized carbons (Fsp3) is 0.423. The van der Waals surface area contributed by atoms with Crippen LogP contribution in [0.3, 0.4) is 0 Å². The van der Waals surface area contributed by atoms with Crippen molar-refractivity contribution in [2.45, 2.75) is 26.3 Å². The quantitative estimate of drug-likeness (QED) is 0.546. The van der Waals surface area contributed by atoms with Crippen LogP contribution in [0, 0.1) is 5.92 Å². The molecule has 2 amide bonds. The van der Waals surface area contributed by atoms with E-state index in [1.807, 2.05) is 56.3 Å². The van der Waals surface area contributed by atoms with Crippen molar-refractivity contribution >= 4 is 17.5 Å². The molecule has 0 bridgehead atoms. The van der Waals surface area contributed by atoms with Crippen molar-refractivity contribution in [1.82, 2.24) is 9.91 Å². The SMILES string of the molecule is COCCN(CC(=O)N1N=C(c2ccc(OC)cc2)CC1c1ccc2c(c1)OCO2)C(=O)C(C)C. The molecule has 2 aliphatic heterocycles. The molecular formula is C26H31N3O6. The number of nitrogens with zero attached hydrogens (tertiary/aromatic N) is 3. The number of ether oxygens (including phenoxy) is 4. The van der Waals surface area contributed by atoms with Crippen LogP contribution in [0.1, 0.15) is 37.4 Å². The molecule has 9 nitrogen and oxygen atoms in total. The third-order valence-corrected chi connectivity index (χ3v) is 6.07. The van der Waals surface area contributed by atoms with E-state index < -0.39 is 0 Å². The summed E-state index contributed by atoms with van der Waals surface area (Å²) in [7, 11) is 3.19. The zero-order valence-electron chi connectivity index (χ0n) is 20.5. The summed E-state index contributed by atoms with van der Waals surface area (Å²) < 4.78 is 21.4. The number of hydrogen-bond donors (Lipinski definition) is 0. The van der Waals surface area contributed by atoms with Gasteiger partial charge in [0.05, 0.1) is 25.5 Å². The lowest BCUT2D eigenvalue weighted by Gasteiger charge is -2.28. The summed E-state index contributed by atoms with van der Waals surface area (Å²) in [4.78, 5) is 27.8. The van der Waals surface area contributed by atoms with Crippen molar-refractivity contribution in [1.29, 1.82) is 0 Å². The number of rotatable bonds is 9. The Morgan fingerprint density at radius 3 is 2.54 bits per heavy atom. The maximum Gasteiger partial charge on any atom is 0.262 e. The van der Waals surface area contributed by atoms with Gasteiger partial charge in [-0.05, 0) is 47.5 Å². The summed E-state index contributed by atoms with van der Waals surface area (Å²) in [5.74, 6) is 1.46. The van der Waals surface area contributed by atoms with Crippen LogP contribution in [-0.2, 0) is 14.3 Å². The molecule has 0 aliphatic carbocycles. The van der Waals surface area contributed by atoms with E-state index in [-0.39, 0.29) is 37.1 Å². The first kappa shape index (κ1) is 24.5. The van der Waals surface area contributed by atoms with Gasteiger partial charge >= 0.3 is 0 Å². The van der Waals surface area contributed by atoms with Crippen molar-refractivity contribution in [3.8, 4) is 17.2 Å². The summed E-state index contributed by atoms with van der Waals surface area (Å²) in [6.07, 6.45) is 0.522. The molecule has 9 heteroatoms. The molecule has 2 heterocycles. The van der Waals surface area contributed by atoms with Crippen LogP contribution < -0.4 is 14.2 Å². The van der Waals surface area contributed by atoms with Gasteiger partial charge in [-0.1, -0.05) is 19.9 Å². The number of methoxy groups -OCH3 is 2. The molecule has 0 aromatic heterocycles. The molecule has 35 heavy (non-hydrogen) atoms. The Morgan fingerprint density at radius 2 is 1.86 bits per heavy atom. The highest BCUT2D eigenvalue weighted by molar-refractivity contribution is 6.03. The fourth-order valence-corrected chi connectivity index (χ4v) is 4.15. The summed E-state index contributed by atoms with van der Waals surface area (Å²) >= 11 is 0. The van der Waals surface area contributed by atoms with E-state index >= 15 is 0 Å². The molecule has 0 radical (unpaired) electrons. The summed E-state index contributed by atoms with van der Waals surface area (Å²) in [6.45, 7) is 4.40. The molecule has 186 valence electrons. The average Bonchev–Trinajstić information content (AvgIpc) is 3.53. The van der Waals surface area contributed by atoms with Crippen LogP contribution in [0.2, 0.25) is 0 Å². The highest BCUT2D eigenvalue weighted by Gasteiger charge is 2.35. The van der Waals surface area contributed by atoms with Crippen molar-refractivity contribution in [3.05, 3.63) is 53.6 Å². The van der Waals surface area contributed by atoms with Gasteiger partial charge in [0.15, 0.2) is 11.5 Å². The number of hydrogen-bond acceptors (Lipinski definition) is 7. The van der Waals surface area contributed by atoms with Crippen molar-refractivity contribution in [2.24, 2.45) is 11.0 Å². The Hall–Kier alpha value is -3.59. The van der Waals surface area contributed by atoms with Gasteiger partial charge in [-0.3, -0.25) is 9.59 Å². The smallest absolute Gasteiger partial charge is 0.262 e. The maximum atomic E-state index is 13.5. The van der Waals surface area contributed by atoms with Gasteiger partial charge in [0.2, 0.25) is 12.7 Å². The number of carbonyl (C=O) groups is 2. The second-order valence-electron chi connectivity index (χ2n) is 8.75. The van der Waals surface area contributed by atoms with E-state index in [1.54, 1.807) is 14.2 Å². The lowest BCUT2D eigenvalue weighted by atomic mass is 9.98. The van der Waals surface area contributed by atoms with Gasteiger partial charge in [0.25, 0.3) is 5.91 Å². The molecule has 0 saturated heterocycles. The first-order valence-corrected chi connectivity index (χ1v) is 11.6. The maximum absolute atomic E-state index is 13.5. The van der Waals surface area contributed by atoms with Crippen molar-refractivity contribution < 1.29 is 28.5 Å². The van der Waals surface area contributed by atoms with E-state index in [1.165, 1.54) is 9.91 Å². The minimum atomic E-state index is -0.340. The topological polar surface area (TPSA) is 89.9 Å². The third-order valence-electron chi connectivity index (χ3n) is 6.07. The number of fused-ring (bicyclic) bond motifs is 1. The lowest BCUT2D eigenvalue weighted by Crippen LogP contribution is -2.44. The normalized spacial score (nSPS) is 16.4. The molecule has 2 aromatic carbocycles. The summed E-state index contributed by atoms with van der Waals surface area (Å²) in [5, 5.41) is 6.21. The molecule has 1 unspecified atom stereocenters. The minimum Gasteiger partial charge on any atom is -0.497 e. The lowest BCUT2D eigenvalue weighted by molar-refractivity contribution is -0.143. The van der Waals surface area contributed by atoms with E-state index in [2.05, 4.69) is 0 Å². The van der Waals surface area contributed by atoms with Crippen molar-refractivity contribution in [3.63, 3.8) is 0 Å². The number of carbonyl (C=O) groups excluding carboxylic acids is 2. The van der Waals surface area contributed by atoms with Gasteiger partial charge in [0.1, 0.15) is 12.3 Å².